The Labute approximate surface area is 168 Å². The summed E-state index contributed by atoms with van der Waals surface area (Å²) < 4.78 is 17.9. The van der Waals surface area contributed by atoms with E-state index >= 15 is 0 Å². The summed E-state index contributed by atoms with van der Waals surface area (Å²) in [6, 6.07) is 10.3. The Kier molecular flexibility index (Phi) is 5.63. The van der Waals surface area contributed by atoms with Gasteiger partial charge in [-0.3, -0.25) is 9.59 Å². The maximum atomic E-state index is 13.0. The SMILES string of the molecule is COc1ccc(NC(C)=O)cc1NC(=O)c1cc2c(OC)ccc(OC)c2n1C. The zero-order chi connectivity index (χ0) is 21.1. The van der Waals surface area contributed by atoms with E-state index in [9.17, 15) is 9.59 Å². The maximum Gasteiger partial charge on any atom is 0.272 e. The molecule has 1 aromatic heterocycles. The van der Waals surface area contributed by atoms with Gasteiger partial charge in [-0.25, -0.2) is 0 Å². The molecule has 2 aromatic carbocycles. The fourth-order valence-corrected chi connectivity index (χ4v) is 3.24. The lowest BCUT2D eigenvalue weighted by atomic mass is 10.2. The first kappa shape index (κ1) is 20.1. The molecule has 8 nitrogen and oxygen atoms in total. The second kappa shape index (κ2) is 8.14. The van der Waals surface area contributed by atoms with Gasteiger partial charge in [-0.1, -0.05) is 0 Å². The first-order chi connectivity index (χ1) is 13.9. The van der Waals surface area contributed by atoms with Gasteiger partial charge in [0.15, 0.2) is 0 Å². The third-order valence-electron chi connectivity index (χ3n) is 4.56. The molecular formula is C21H23N3O5. The van der Waals surface area contributed by atoms with E-state index in [1.54, 1.807) is 62.2 Å². The Bertz CT molecular complexity index is 1090. The second-order valence-electron chi connectivity index (χ2n) is 6.37. The zero-order valence-corrected chi connectivity index (χ0v) is 17.0. The van der Waals surface area contributed by atoms with Crippen molar-refractivity contribution in [2.24, 2.45) is 7.05 Å². The van der Waals surface area contributed by atoms with Gasteiger partial charge in [-0.05, 0) is 36.4 Å². The molecular weight excluding hydrogens is 374 g/mol. The van der Waals surface area contributed by atoms with Crippen molar-refractivity contribution in [1.82, 2.24) is 4.57 Å². The third kappa shape index (κ3) is 3.82. The van der Waals surface area contributed by atoms with E-state index in [1.807, 2.05) is 0 Å². The van der Waals surface area contributed by atoms with Crippen LogP contribution in [0.3, 0.4) is 0 Å². The van der Waals surface area contributed by atoms with E-state index < -0.39 is 0 Å². The van der Waals surface area contributed by atoms with E-state index in [-0.39, 0.29) is 11.8 Å². The lowest BCUT2D eigenvalue weighted by Gasteiger charge is -2.13. The van der Waals surface area contributed by atoms with Crippen molar-refractivity contribution in [2.75, 3.05) is 32.0 Å². The van der Waals surface area contributed by atoms with Crippen LogP contribution in [0.5, 0.6) is 17.2 Å². The highest BCUT2D eigenvalue weighted by Crippen LogP contribution is 2.36. The van der Waals surface area contributed by atoms with E-state index in [4.69, 9.17) is 14.2 Å². The number of aromatic nitrogens is 1. The fourth-order valence-electron chi connectivity index (χ4n) is 3.24. The van der Waals surface area contributed by atoms with Crippen LogP contribution in [0.1, 0.15) is 17.4 Å². The number of ether oxygens (including phenoxy) is 3. The van der Waals surface area contributed by atoms with Crippen molar-refractivity contribution in [3.63, 3.8) is 0 Å². The summed E-state index contributed by atoms with van der Waals surface area (Å²) >= 11 is 0. The Morgan fingerprint density at radius 2 is 1.48 bits per heavy atom. The molecule has 0 atom stereocenters. The first-order valence-corrected chi connectivity index (χ1v) is 8.87. The average Bonchev–Trinajstić information content (AvgIpc) is 3.05. The first-order valence-electron chi connectivity index (χ1n) is 8.87. The molecule has 3 rings (SSSR count). The number of fused-ring (bicyclic) bond motifs is 1. The number of methoxy groups -OCH3 is 3. The summed E-state index contributed by atoms with van der Waals surface area (Å²) in [7, 11) is 6.44. The lowest BCUT2D eigenvalue weighted by Crippen LogP contribution is -2.16. The number of nitrogens with one attached hydrogen (secondary N) is 2. The van der Waals surface area contributed by atoms with Gasteiger partial charge in [0.25, 0.3) is 5.91 Å². The number of aryl methyl sites for hydroxylation is 1. The van der Waals surface area contributed by atoms with Crippen molar-refractivity contribution >= 4 is 34.1 Å². The highest BCUT2D eigenvalue weighted by Gasteiger charge is 2.20. The van der Waals surface area contributed by atoms with Gasteiger partial charge in [-0.2, -0.15) is 0 Å². The van der Waals surface area contributed by atoms with E-state index in [0.29, 0.717) is 34.3 Å². The number of amides is 2. The Morgan fingerprint density at radius 1 is 0.862 bits per heavy atom. The number of rotatable bonds is 6. The molecule has 1 heterocycles. The van der Waals surface area contributed by atoms with Gasteiger partial charge in [0.1, 0.15) is 22.9 Å². The molecule has 0 radical (unpaired) electrons. The number of benzene rings is 2. The summed E-state index contributed by atoms with van der Waals surface area (Å²) in [4.78, 5) is 24.4. The summed E-state index contributed by atoms with van der Waals surface area (Å²) in [6.07, 6.45) is 0. The maximum absolute atomic E-state index is 13.0. The van der Waals surface area contributed by atoms with E-state index in [1.165, 1.54) is 14.0 Å². The van der Waals surface area contributed by atoms with Crippen LogP contribution < -0.4 is 24.8 Å². The predicted molar refractivity (Wildman–Crippen MR) is 111 cm³/mol. The Balaban J connectivity index is 2.02. The minimum Gasteiger partial charge on any atom is -0.496 e. The summed E-state index contributed by atoms with van der Waals surface area (Å²) in [5.41, 5.74) is 2.15. The molecule has 152 valence electrons. The number of hydrogen-bond donors (Lipinski definition) is 2. The molecule has 0 aliphatic carbocycles. The molecule has 0 saturated heterocycles. The Hall–Kier alpha value is -3.68. The monoisotopic (exact) mass is 397 g/mol. The van der Waals surface area contributed by atoms with Gasteiger partial charge in [-0.15, -0.1) is 0 Å². The molecule has 0 bridgehead atoms. The topological polar surface area (TPSA) is 90.8 Å². The molecule has 2 N–H and O–H groups in total. The molecule has 3 aromatic rings. The van der Waals surface area contributed by atoms with Crippen molar-refractivity contribution in [3.8, 4) is 17.2 Å². The molecule has 8 heteroatoms. The standard InChI is InChI=1S/C21H23N3O5/c1-12(25)22-13-6-7-18(28-4)15(10-13)23-21(26)16-11-14-17(27-3)8-9-19(29-5)20(14)24(16)2/h6-11H,1-5H3,(H,22,25)(H,23,26). The predicted octanol–water partition coefficient (Wildman–Crippen LogP) is 3.41. The van der Waals surface area contributed by atoms with Crippen molar-refractivity contribution in [2.45, 2.75) is 6.92 Å². The number of nitrogens with zero attached hydrogens (tertiary/aromatic N) is 1. The highest BCUT2D eigenvalue weighted by atomic mass is 16.5. The van der Waals surface area contributed by atoms with E-state index in [2.05, 4.69) is 10.6 Å². The largest absolute Gasteiger partial charge is 0.496 e. The highest BCUT2D eigenvalue weighted by molar-refractivity contribution is 6.09. The minimum atomic E-state index is -0.342. The van der Waals surface area contributed by atoms with Crippen LogP contribution in [0.25, 0.3) is 10.9 Å². The molecule has 0 aliphatic heterocycles. The normalized spacial score (nSPS) is 10.5. The molecule has 0 spiro atoms. The van der Waals surface area contributed by atoms with Gasteiger partial charge < -0.3 is 29.4 Å². The summed E-state index contributed by atoms with van der Waals surface area (Å²) in [5.74, 6) is 1.20. The second-order valence-corrected chi connectivity index (χ2v) is 6.37. The number of anilines is 2. The third-order valence-corrected chi connectivity index (χ3v) is 4.56. The van der Waals surface area contributed by atoms with E-state index in [0.717, 1.165) is 10.9 Å². The zero-order valence-electron chi connectivity index (χ0n) is 17.0. The average molecular weight is 397 g/mol. The van der Waals surface area contributed by atoms with Crippen LogP contribution in [0.2, 0.25) is 0 Å². The molecule has 0 fully saturated rings. The van der Waals surface area contributed by atoms with Gasteiger partial charge in [0, 0.05) is 25.0 Å². The van der Waals surface area contributed by atoms with Crippen LogP contribution >= 0.6 is 0 Å². The van der Waals surface area contributed by atoms with Crippen molar-refractivity contribution in [3.05, 3.63) is 42.1 Å². The van der Waals surface area contributed by atoms with Gasteiger partial charge >= 0.3 is 0 Å². The molecule has 29 heavy (non-hydrogen) atoms. The van der Waals surface area contributed by atoms with Crippen molar-refractivity contribution in [1.29, 1.82) is 0 Å². The van der Waals surface area contributed by atoms with Crippen LogP contribution in [0, 0.1) is 0 Å². The Morgan fingerprint density at radius 3 is 2.10 bits per heavy atom. The van der Waals surface area contributed by atoms with Crippen LogP contribution in [-0.4, -0.2) is 37.7 Å². The summed E-state index contributed by atoms with van der Waals surface area (Å²) in [5, 5.41) is 6.30. The fraction of sp³-hybridized carbons (Fsp3) is 0.238. The smallest absolute Gasteiger partial charge is 0.272 e. The minimum absolute atomic E-state index is 0.208. The van der Waals surface area contributed by atoms with Crippen LogP contribution in [0.15, 0.2) is 36.4 Å². The molecule has 0 aliphatic rings. The number of carbonyl (C=O) groups excluding carboxylic acids is 2. The number of carbonyl (C=O) groups is 2. The summed E-state index contributed by atoms with van der Waals surface area (Å²) in [6.45, 7) is 1.42. The molecule has 0 saturated carbocycles. The number of hydrogen-bond acceptors (Lipinski definition) is 5. The molecule has 0 unspecified atom stereocenters. The van der Waals surface area contributed by atoms with Gasteiger partial charge in [0.05, 0.1) is 32.5 Å². The lowest BCUT2D eigenvalue weighted by molar-refractivity contribution is -0.114. The van der Waals surface area contributed by atoms with Crippen LogP contribution in [0.4, 0.5) is 11.4 Å². The van der Waals surface area contributed by atoms with Gasteiger partial charge in [0.2, 0.25) is 5.91 Å². The quantitative estimate of drug-likeness (QED) is 0.665. The van der Waals surface area contributed by atoms with Crippen molar-refractivity contribution < 1.29 is 23.8 Å². The van der Waals surface area contributed by atoms with Crippen LogP contribution in [-0.2, 0) is 11.8 Å². The molecule has 2 amide bonds.